The first-order chi connectivity index (χ1) is 7.33. The molecular formula is C11H20O4S. The summed E-state index contributed by atoms with van der Waals surface area (Å²) in [6, 6.07) is 0. The fourth-order valence-corrected chi connectivity index (χ4v) is 3.73. The number of hydrogen-bond acceptors (Lipinski definition) is 3. The highest BCUT2D eigenvalue weighted by atomic mass is 32.2. The molecule has 0 spiro atoms. The van der Waals surface area contributed by atoms with Crippen LogP contribution >= 0.6 is 0 Å². The second-order valence-corrected chi connectivity index (χ2v) is 6.25. The zero-order valence-corrected chi connectivity index (χ0v) is 10.7. The highest BCUT2D eigenvalue weighted by Crippen LogP contribution is 2.40. The van der Waals surface area contributed by atoms with Gasteiger partial charge in [0.1, 0.15) is 5.78 Å². The second kappa shape index (κ2) is 4.84. The molecule has 0 aromatic carbocycles. The van der Waals surface area contributed by atoms with Crippen LogP contribution in [0.2, 0.25) is 0 Å². The Kier molecular flexibility index (Phi) is 4.12. The summed E-state index contributed by atoms with van der Waals surface area (Å²) in [6.45, 7) is 3.86. The number of hydrogen-bond donors (Lipinski definition) is 1. The normalized spacial score (nSPS) is 31.7. The first-order valence-corrected chi connectivity index (χ1v) is 7.42. The molecule has 4 nitrogen and oxygen atoms in total. The van der Waals surface area contributed by atoms with E-state index in [1.807, 2.05) is 13.8 Å². The van der Waals surface area contributed by atoms with Crippen LogP contribution in [0.1, 0.15) is 46.0 Å². The van der Waals surface area contributed by atoms with Gasteiger partial charge in [0.25, 0.3) is 10.1 Å². The first-order valence-electron chi connectivity index (χ1n) is 5.81. The van der Waals surface area contributed by atoms with Crippen LogP contribution in [0.5, 0.6) is 0 Å². The van der Waals surface area contributed by atoms with Crippen molar-refractivity contribution in [3.8, 4) is 0 Å². The Morgan fingerprint density at radius 3 is 2.44 bits per heavy atom. The molecule has 2 atom stereocenters. The maximum Gasteiger partial charge on any atom is 0.265 e. The molecule has 16 heavy (non-hydrogen) atoms. The van der Waals surface area contributed by atoms with Crippen LogP contribution in [0, 0.1) is 11.3 Å². The zero-order valence-electron chi connectivity index (χ0n) is 9.90. The minimum absolute atomic E-state index is 0.00530. The van der Waals surface area contributed by atoms with Gasteiger partial charge in [-0.3, -0.25) is 9.35 Å². The lowest BCUT2D eigenvalue weighted by Gasteiger charge is -2.37. The average molecular weight is 248 g/mol. The molecule has 1 aliphatic carbocycles. The first kappa shape index (κ1) is 13.6. The van der Waals surface area contributed by atoms with Crippen LogP contribution < -0.4 is 0 Å². The fourth-order valence-electron chi connectivity index (χ4n) is 2.53. The van der Waals surface area contributed by atoms with E-state index >= 15 is 0 Å². The Morgan fingerprint density at radius 2 is 2.06 bits per heavy atom. The zero-order chi connectivity index (χ0) is 12.4. The largest absolute Gasteiger partial charge is 0.299 e. The molecule has 0 saturated heterocycles. The number of carbonyl (C=O) groups excluding carboxylic acids is 1. The Morgan fingerprint density at radius 1 is 1.44 bits per heavy atom. The quantitative estimate of drug-likeness (QED) is 0.773. The smallest absolute Gasteiger partial charge is 0.265 e. The summed E-state index contributed by atoms with van der Waals surface area (Å²) in [6.07, 6.45) is 3.37. The topological polar surface area (TPSA) is 71.4 Å². The van der Waals surface area contributed by atoms with Crippen molar-refractivity contribution in [3.63, 3.8) is 0 Å². The van der Waals surface area contributed by atoms with Gasteiger partial charge in [-0.1, -0.05) is 20.3 Å². The molecule has 0 bridgehead atoms. The monoisotopic (exact) mass is 248 g/mol. The van der Waals surface area contributed by atoms with E-state index in [-0.39, 0.29) is 5.78 Å². The van der Waals surface area contributed by atoms with E-state index in [0.29, 0.717) is 25.2 Å². The summed E-state index contributed by atoms with van der Waals surface area (Å²) >= 11 is 0. The Labute approximate surface area is 97.2 Å². The third-order valence-electron chi connectivity index (χ3n) is 3.81. The number of ketones is 1. The van der Waals surface area contributed by atoms with E-state index in [1.54, 1.807) is 0 Å². The van der Waals surface area contributed by atoms with Crippen LogP contribution in [-0.2, 0) is 14.9 Å². The minimum Gasteiger partial charge on any atom is -0.299 e. The lowest BCUT2D eigenvalue weighted by atomic mass is 9.68. The van der Waals surface area contributed by atoms with Crippen LogP contribution in [0.15, 0.2) is 0 Å². The van der Waals surface area contributed by atoms with Gasteiger partial charge in [0.05, 0.1) is 5.75 Å². The molecule has 5 heteroatoms. The summed E-state index contributed by atoms with van der Waals surface area (Å²) < 4.78 is 30.9. The van der Waals surface area contributed by atoms with Gasteiger partial charge < -0.3 is 0 Å². The molecule has 1 saturated carbocycles. The Hall–Kier alpha value is -0.420. The molecule has 0 aliphatic heterocycles. The molecular weight excluding hydrogens is 228 g/mol. The van der Waals surface area contributed by atoms with Crippen molar-refractivity contribution in [2.45, 2.75) is 46.0 Å². The highest BCUT2D eigenvalue weighted by Gasteiger charge is 2.43. The summed E-state index contributed by atoms with van der Waals surface area (Å²) in [7, 11) is -4.07. The van der Waals surface area contributed by atoms with E-state index in [9.17, 15) is 13.2 Å². The molecule has 1 aliphatic rings. The van der Waals surface area contributed by atoms with Crippen LogP contribution in [0.3, 0.4) is 0 Å². The predicted octanol–water partition coefficient (Wildman–Crippen LogP) is 2.05. The van der Waals surface area contributed by atoms with Crippen molar-refractivity contribution in [3.05, 3.63) is 0 Å². The van der Waals surface area contributed by atoms with Crippen LogP contribution in [0.4, 0.5) is 0 Å². The number of carbonyl (C=O) groups is 1. The molecule has 0 amide bonds. The molecule has 0 aromatic heterocycles. The molecule has 1 rings (SSSR count). The summed E-state index contributed by atoms with van der Waals surface area (Å²) in [5.74, 6) is -0.0227. The van der Waals surface area contributed by atoms with Crippen molar-refractivity contribution >= 4 is 15.9 Å². The van der Waals surface area contributed by atoms with Gasteiger partial charge in [0.15, 0.2) is 0 Å². The maximum absolute atomic E-state index is 12.0. The highest BCUT2D eigenvalue weighted by molar-refractivity contribution is 7.85. The maximum atomic E-state index is 12.0. The van der Waals surface area contributed by atoms with E-state index in [2.05, 4.69) is 0 Å². The molecule has 0 radical (unpaired) electrons. The standard InChI is InChI=1S/C11H20O4S/c1-3-9-5-6-11(4-2,10(12)7-9)8-16(13,14)15/h9H,3-8H2,1-2H3,(H,13,14,15). The van der Waals surface area contributed by atoms with E-state index in [1.165, 1.54) is 0 Å². The van der Waals surface area contributed by atoms with Crippen molar-refractivity contribution in [1.29, 1.82) is 0 Å². The van der Waals surface area contributed by atoms with Gasteiger partial charge >= 0.3 is 0 Å². The van der Waals surface area contributed by atoms with E-state index in [4.69, 9.17) is 4.55 Å². The van der Waals surface area contributed by atoms with Crippen molar-refractivity contribution in [2.75, 3.05) is 5.75 Å². The molecule has 0 heterocycles. The summed E-state index contributed by atoms with van der Waals surface area (Å²) in [5, 5.41) is 0. The van der Waals surface area contributed by atoms with Gasteiger partial charge in [-0.2, -0.15) is 8.42 Å². The SMILES string of the molecule is CCC1CCC(CC)(CS(=O)(=O)O)C(=O)C1. The lowest BCUT2D eigenvalue weighted by molar-refractivity contribution is -0.132. The molecule has 1 N–H and O–H groups in total. The van der Waals surface area contributed by atoms with Crippen molar-refractivity contribution in [1.82, 2.24) is 0 Å². The lowest BCUT2D eigenvalue weighted by Crippen LogP contribution is -2.42. The predicted molar refractivity (Wildman–Crippen MR) is 61.8 cm³/mol. The van der Waals surface area contributed by atoms with Crippen molar-refractivity contribution < 1.29 is 17.8 Å². The average Bonchev–Trinajstić information content (AvgIpc) is 2.19. The Bertz CT molecular complexity index is 360. The fraction of sp³-hybridized carbons (Fsp3) is 0.909. The summed E-state index contributed by atoms with van der Waals surface area (Å²) in [4.78, 5) is 12.0. The molecule has 1 fully saturated rings. The van der Waals surface area contributed by atoms with Gasteiger partial charge in [-0.15, -0.1) is 0 Å². The van der Waals surface area contributed by atoms with Gasteiger partial charge in [0.2, 0.25) is 0 Å². The molecule has 2 unspecified atom stereocenters. The van der Waals surface area contributed by atoms with E-state index in [0.717, 1.165) is 12.8 Å². The minimum atomic E-state index is -4.07. The van der Waals surface area contributed by atoms with Gasteiger partial charge in [-0.25, -0.2) is 0 Å². The van der Waals surface area contributed by atoms with Gasteiger partial charge in [0, 0.05) is 11.8 Å². The third-order valence-corrected chi connectivity index (χ3v) is 4.73. The number of Topliss-reactive ketones (excluding diaryl/α,β-unsaturated/α-hetero) is 1. The second-order valence-electron chi connectivity index (χ2n) is 4.80. The van der Waals surface area contributed by atoms with Crippen LogP contribution in [-0.4, -0.2) is 24.5 Å². The molecule has 0 aromatic rings. The van der Waals surface area contributed by atoms with Crippen LogP contribution in [0.25, 0.3) is 0 Å². The number of rotatable bonds is 4. The van der Waals surface area contributed by atoms with E-state index < -0.39 is 21.3 Å². The summed E-state index contributed by atoms with van der Waals surface area (Å²) in [5.41, 5.74) is -0.834. The van der Waals surface area contributed by atoms with Gasteiger partial charge in [-0.05, 0) is 25.2 Å². The Balaban J connectivity index is 2.86. The molecule has 94 valence electrons. The van der Waals surface area contributed by atoms with Crippen molar-refractivity contribution in [2.24, 2.45) is 11.3 Å². The third kappa shape index (κ3) is 3.04.